The Kier molecular flexibility index (Phi) is 5.31. The highest BCUT2D eigenvalue weighted by molar-refractivity contribution is 7.80. The van der Waals surface area contributed by atoms with Crippen molar-refractivity contribution in [3.05, 3.63) is 0 Å². The third-order valence-electron chi connectivity index (χ3n) is 2.64. The monoisotopic (exact) mass is 238 g/mol. The van der Waals surface area contributed by atoms with E-state index in [9.17, 15) is 15.3 Å². The van der Waals surface area contributed by atoms with Crippen molar-refractivity contribution in [1.82, 2.24) is 0 Å². The summed E-state index contributed by atoms with van der Waals surface area (Å²) in [5, 5.41) is 37.5. The Bertz CT molecular complexity index is 189. The van der Waals surface area contributed by atoms with Crippen LogP contribution in [0.3, 0.4) is 0 Å². The predicted molar refractivity (Wildman–Crippen MR) is 56.9 cm³/mol. The first-order chi connectivity index (χ1) is 7.11. The second kappa shape index (κ2) is 6.03. The largest absolute Gasteiger partial charge is 0.394 e. The lowest BCUT2D eigenvalue weighted by molar-refractivity contribution is -0.230. The maximum atomic E-state index is 9.61. The van der Waals surface area contributed by atoms with Crippen molar-refractivity contribution in [2.45, 2.75) is 43.4 Å². The third kappa shape index (κ3) is 3.05. The van der Waals surface area contributed by atoms with Crippen LogP contribution in [0, 0.1) is 0 Å². The molecule has 4 N–H and O–H groups in total. The Balaban J connectivity index is 2.57. The molecule has 0 unspecified atom stereocenters. The van der Waals surface area contributed by atoms with Crippen molar-refractivity contribution in [2.24, 2.45) is 0 Å². The quantitative estimate of drug-likeness (QED) is 0.386. The van der Waals surface area contributed by atoms with Gasteiger partial charge in [0.2, 0.25) is 0 Å². The van der Waals surface area contributed by atoms with Gasteiger partial charge < -0.3 is 25.2 Å². The summed E-state index contributed by atoms with van der Waals surface area (Å²) in [5.41, 5.74) is 0. The molecule has 1 heterocycles. The fraction of sp³-hybridized carbons (Fsp3) is 1.00. The molecule has 0 spiro atoms. The lowest BCUT2D eigenvalue weighted by Crippen LogP contribution is -2.58. The maximum Gasteiger partial charge on any atom is 0.111 e. The van der Waals surface area contributed by atoms with E-state index in [2.05, 4.69) is 12.6 Å². The van der Waals surface area contributed by atoms with Gasteiger partial charge in [0.1, 0.15) is 24.4 Å². The zero-order chi connectivity index (χ0) is 11.4. The van der Waals surface area contributed by atoms with E-state index in [1.165, 1.54) is 0 Å². The van der Waals surface area contributed by atoms with Crippen molar-refractivity contribution in [1.29, 1.82) is 0 Å². The molecule has 6 heteroatoms. The van der Waals surface area contributed by atoms with Gasteiger partial charge in [0.15, 0.2) is 0 Å². The normalized spacial score (nSPS) is 41.8. The summed E-state index contributed by atoms with van der Waals surface area (Å²) in [5.74, 6) is 0.662. The lowest BCUT2D eigenvalue weighted by atomic mass is 9.93. The van der Waals surface area contributed by atoms with E-state index in [1.807, 2.05) is 0 Å². The fourth-order valence-corrected chi connectivity index (χ4v) is 1.89. The highest BCUT2D eigenvalue weighted by Crippen LogP contribution is 2.23. The fourth-order valence-electron chi connectivity index (χ4n) is 1.71. The maximum absolute atomic E-state index is 9.61. The predicted octanol–water partition coefficient (Wildman–Crippen LogP) is -1.46. The first-order valence-electron chi connectivity index (χ1n) is 5.03. The molecular weight excluding hydrogens is 220 g/mol. The molecule has 90 valence electrons. The second-order valence-corrected chi connectivity index (χ2v) is 4.18. The molecule has 1 fully saturated rings. The Morgan fingerprint density at radius 2 is 1.60 bits per heavy atom. The Morgan fingerprint density at radius 1 is 1.00 bits per heavy atom. The molecule has 1 rings (SSSR count). The van der Waals surface area contributed by atoms with Crippen molar-refractivity contribution in [3.63, 3.8) is 0 Å². The summed E-state index contributed by atoms with van der Waals surface area (Å²) in [4.78, 5) is 0. The molecule has 0 aromatic heterocycles. The first kappa shape index (κ1) is 13.2. The minimum atomic E-state index is -1.26. The zero-order valence-corrected chi connectivity index (χ0v) is 9.25. The van der Waals surface area contributed by atoms with E-state index in [0.29, 0.717) is 12.2 Å². The smallest absolute Gasteiger partial charge is 0.111 e. The van der Waals surface area contributed by atoms with E-state index in [1.54, 1.807) is 0 Å². The molecule has 5 atom stereocenters. The molecule has 1 saturated heterocycles. The number of hydrogen-bond donors (Lipinski definition) is 5. The van der Waals surface area contributed by atoms with Crippen LogP contribution in [0.1, 0.15) is 12.8 Å². The summed E-state index contributed by atoms with van der Waals surface area (Å²) in [6, 6.07) is 0. The molecule has 0 radical (unpaired) electrons. The number of aliphatic hydroxyl groups excluding tert-OH is 4. The van der Waals surface area contributed by atoms with Crippen LogP contribution in [0.5, 0.6) is 0 Å². The average Bonchev–Trinajstić information content (AvgIpc) is 2.25. The number of ether oxygens (including phenoxy) is 1. The molecule has 1 aliphatic rings. The summed E-state index contributed by atoms with van der Waals surface area (Å²) >= 11 is 4.04. The van der Waals surface area contributed by atoms with E-state index in [4.69, 9.17) is 9.84 Å². The van der Waals surface area contributed by atoms with E-state index >= 15 is 0 Å². The number of hydrogen-bond acceptors (Lipinski definition) is 6. The minimum absolute atomic E-state index is 0.373. The molecule has 1 aliphatic heterocycles. The van der Waals surface area contributed by atoms with Gasteiger partial charge in [-0.25, -0.2) is 0 Å². The van der Waals surface area contributed by atoms with Crippen LogP contribution >= 0.6 is 12.6 Å². The van der Waals surface area contributed by atoms with E-state index < -0.39 is 30.5 Å². The van der Waals surface area contributed by atoms with Crippen LogP contribution in [0.4, 0.5) is 0 Å². The summed E-state index contributed by atoms with van der Waals surface area (Å²) < 4.78 is 5.29. The SMILES string of the molecule is OC[C@H]1O[C@H](CCCS)[C@H](O)[C@@H](O)[C@@H]1O. The first-order valence-corrected chi connectivity index (χ1v) is 5.66. The molecule has 15 heavy (non-hydrogen) atoms. The third-order valence-corrected chi connectivity index (χ3v) is 2.95. The highest BCUT2D eigenvalue weighted by atomic mass is 32.1. The Labute approximate surface area is 94.1 Å². The molecule has 0 aromatic carbocycles. The Hall–Kier alpha value is 0.150. The van der Waals surface area contributed by atoms with Gasteiger partial charge in [0.25, 0.3) is 0 Å². The summed E-state index contributed by atoms with van der Waals surface area (Å²) in [6.07, 6.45) is -3.70. The van der Waals surface area contributed by atoms with Crippen molar-refractivity contribution in [3.8, 4) is 0 Å². The molecule has 0 bridgehead atoms. The van der Waals surface area contributed by atoms with Crippen LogP contribution in [0.2, 0.25) is 0 Å². The van der Waals surface area contributed by atoms with Gasteiger partial charge in [-0.15, -0.1) is 0 Å². The zero-order valence-electron chi connectivity index (χ0n) is 8.36. The van der Waals surface area contributed by atoms with Crippen LogP contribution in [-0.4, -0.2) is 63.3 Å². The molecule has 0 saturated carbocycles. The standard InChI is InChI=1S/C9H18O5S/c10-4-6-8(12)9(13)7(11)5(14-6)2-1-3-15/h5-13,15H,1-4H2/t5-,6-,7+,8-,9-/m1/s1. The van der Waals surface area contributed by atoms with Gasteiger partial charge in [0.05, 0.1) is 12.7 Å². The second-order valence-electron chi connectivity index (χ2n) is 3.73. The molecule has 0 amide bonds. The van der Waals surface area contributed by atoms with Gasteiger partial charge >= 0.3 is 0 Å². The van der Waals surface area contributed by atoms with Gasteiger partial charge in [0, 0.05) is 0 Å². The van der Waals surface area contributed by atoms with Crippen molar-refractivity contribution in [2.75, 3.05) is 12.4 Å². The van der Waals surface area contributed by atoms with E-state index in [-0.39, 0.29) is 6.61 Å². The van der Waals surface area contributed by atoms with Crippen molar-refractivity contribution >= 4 is 12.6 Å². The van der Waals surface area contributed by atoms with Crippen LogP contribution in [0.15, 0.2) is 0 Å². The van der Waals surface area contributed by atoms with Gasteiger partial charge in [-0.3, -0.25) is 0 Å². The summed E-state index contributed by atoms with van der Waals surface area (Å²) in [6.45, 7) is -0.373. The van der Waals surface area contributed by atoms with Gasteiger partial charge in [-0.05, 0) is 18.6 Å². The van der Waals surface area contributed by atoms with Gasteiger partial charge in [-0.1, -0.05) is 0 Å². The van der Waals surface area contributed by atoms with Crippen LogP contribution < -0.4 is 0 Å². The number of thiol groups is 1. The van der Waals surface area contributed by atoms with Gasteiger partial charge in [-0.2, -0.15) is 12.6 Å². The lowest BCUT2D eigenvalue weighted by Gasteiger charge is -2.40. The molecular formula is C9H18O5S. The molecule has 0 aromatic rings. The highest BCUT2D eigenvalue weighted by Gasteiger charge is 2.42. The average molecular weight is 238 g/mol. The Morgan fingerprint density at radius 3 is 2.13 bits per heavy atom. The van der Waals surface area contributed by atoms with Crippen LogP contribution in [0.25, 0.3) is 0 Å². The van der Waals surface area contributed by atoms with Crippen LogP contribution in [-0.2, 0) is 4.74 Å². The number of aliphatic hydroxyl groups is 4. The number of rotatable bonds is 4. The molecule has 0 aliphatic carbocycles. The van der Waals surface area contributed by atoms with Crippen molar-refractivity contribution < 1.29 is 25.2 Å². The minimum Gasteiger partial charge on any atom is -0.394 e. The van der Waals surface area contributed by atoms with E-state index in [0.717, 1.165) is 6.42 Å². The molecule has 5 nitrogen and oxygen atoms in total. The topological polar surface area (TPSA) is 90.2 Å². The summed E-state index contributed by atoms with van der Waals surface area (Å²) in [7, 11) is 0.